The number of morpholine rings is 1. The van der Waals surface area contributed by atoms with Crippen LogP contribution in [0.4, 0.5) is 11.4 Å². The van der Waals surface area contributed by atoms with Gasteiger partial charge in [-0.05, 0) is 60.5 Å². The molecule has 0 atom stereocenters. The first-order valence-corrected chi connectivity index (χ1v) is 10.7. The molecular weight excluding hydrogens is 388 g/mol. The molecule has 0 N–H and O–H groups in total. The van der Waals surface area contributed by atoms with E-state index < -0.39 is 0 Å². The van der Waals surface area contributed by atoms with Crippen molar-refractivity contribution >= 4 is 17.6 Å². The minimum atomic E-state index is 0.504. The van der Waals surface area contributed by atoms with Crippen molar-refractivity contribution < 1.29 is 14.2 Å². The lowest BCUT2D eigenvalue weighted by Crippen LogP contribution is -2.36. The van der Waals surface area contributed by atoms with E-state index in [0.717, 1.165) is 54.6 Å². The highest BCUT2D eigenvalue weighted by atomic mass is 16.5. The van der Waals surface area contributed by atoms with E-state index in [2.05, 4.69) is 22.0 Å². The lowest BCUT2D eigenvalue weighted by molar-refractivity contribution is 0.122. The highest BCUT2D eigenvalue weighted by Crippen LogP contribution is 2.29. The minimum absolute atomic E-state index is 0.504. The quantitative estimate of drug-likeness (QED) is 0.470. The maximum absolute atomic E-state index is 5.98. The SMILES string of the molecule is CCOc1cc(C=Nc2ccc(N3CCOCC3)cc2)ccc1OCc1ccccc1. The summed E-state index contributed by atoms with van der Waals surface area (Å²) in [5, 5.41) is 0. The summed E-state index contributed by atoms with van der Waals surface area (Å²) in [6.07, 6.45) is 1.85. The standard InChI is InChI=1S/C26H28N2O3/c1-2-30-26-18-22(8-13-25(26)31-20-21-6-4-3-5-7-21)19-27-23-9-11-24(12-10-23)28-14-16-29-17-15-28/h3-13,18-19H,2,14-17,20H2,1H3. The summed E-state index contributed by atoms with van der Waals surface area (Å²) in [6.45, 7) is 6.48. The molecule has 0 amide bonds. The smallest absolute Gasteiger partial charge is 0.161 e. The Labute approximate surface area is 183 Å². The van der Waals surface area contributed by atoms with Crippen LogP contribution in [0, 0.1) is 0 Å². The van der Waals surface area contributed by atoms with E-state index in [0.29, 0.717) is 13.2 Å². The van der Waals surface area contributed by atoms with Crippen LogP contribution in [0.15, 0.2) is 77.8 Å². The average molecular weight is 417 g/mol. The molecule has 0 bridgehead atoms. The van der Waals surface area contributed by atoms with Crippen LogP contribution in [0.5, 0.6) is 11.5 Å². The van der Waals surface area contributed by atoms with E-state index in [4.69, 9.17) is 14.2 Å². The van der Waals surface area contributed by atoms with Crippen LogP contribution in [0.1, 0.15) is 18.1 Å². The Balaban J connectivity index is 1.42. The molecule has 5 nitrogen and oxygen atoms in total. The molecule has 0 saturated carbocycles. The topological polar surface area (TPSA) is 43.3 Å². The molecule has 1 fully saturated rings. The zero-order valence-corrected chi connectivity index (χ0v) is 17.9. The number of hydrogen-bond donors (Lipinski definition) is 0. The number of ether oxygens (including phenoxy) is 3. The van der Waals surface area contributed by atoms with Crippen LogP contribution in [0.25, 0.3) is 0 Å². The van der Waals surface area contributed by atoms with Crippen molar-refractivity contribution in [3.8, 4) is 11.5 Å². The van der Waals surface area contributed by atoms with Crippen LogP contribution in [-0.4, -0.2) is 39.1 Å². The molecule has 3 aromatic rings. The van der Waals surface area contributed by atoms with E-state index in [9.17, 15) is 0 Å². The monoisotopic (exact) mass is 416 g/mol. The van der Waals surface area contributed by atoms with Gasteiger partial charge < -0.3 is 19.1 Å². The maximum atomic E-state index is 5.98. The van der Waals surface area contributed by atoms with Crippen molar-refractivity contribution in [1.29, 1.82) is 0 Å². The van der Waals surface area contributed by atoms with Gasteiger partial charge in [0.2, 0.25) is 0 Å². The highest BCUT2D eigenvalue weighted by molar-refractivity contribution is 5.83. The lowest BCUT2D eigenvalue weighted by Gasteiger charge is -2.28. The van der Waals surface area contributed by atoms with Crippen LogP contribution in [0.3, 0.4) is 0 Å². The fourth-order valence-corrected chi connectivity index (χ4v) is 3.45. The summed E-state index contributed by atoms with van der Waals surface area (Å²) in [5.41, 5.74) is 4.21. The highest BCUT2D eigenvalue weighted by Gasteiger charge is 2.10. The lowest BCUT2D eigenvalue weighted by atomic mass is 10.2. The normalized spacial score (nSPS) is 14.0. The van der Waals surface area contributed by atoms with Gasteiger partial charge in [0.15, 0.2) is 11.5 Å². The van der Waals surface area contributed by atoms with Crippen molar-refractivity contribution in [3.05, 3.63) is 83.9 Å². The Bertz CT molecular complexity index is 981. The fraction of sp³-hybridized carbons (Fsp3) is 0.269. The van der Waals surface area contributed by atoms with Gasteiger partial charge in [0, 0.05) is 25.0 Å². The van der Waals surface area contributed by atoms with Gasteiger partial charge in [-0.3, -0.25) is 4.99 Å². The molecule has 0 spiro atoms. The first-order valence-electron chi connectivity index (χ1n) is 10.7. The summed E-state index contributed by atoms with van der Waals surface area (Å²) in [4.78, 5) is 6.96. The molecule has 0 aromatic heterocycles. The first-order chi connectivity index (χ1) is 15.3. The predicted octanol–water partition coefficient (Wildman–Crippen LogP) is 5.25. The Morgan fingerprint density at radius 3 is 2.42 bits per heavy atom. The number of hydrogen-bond acceptors (Lipinski definition) is 5. The molecule has 1 aliphatic rings. The van der Waals surface area contributed by atoms with Crippen molar-refractivity contribution in [1.82, 2.24) is 0 Å². The maximum Gasteiger partial charge on any atom is 0.161 e. The number of benzene rings is 3. The van der Waals surface area contributed by atoms with Gasteiger partial charge in [-0.1, -0.05) is 30.3 Å². The Morgan fingerprint density at radius 2 is 1.68 bits per heavy atom. The summed E-state index contributed by atoms with van der Waals surface area (Å²) < 4.78 is 17.2. The third kappa shape index (κ3) is 5.86. The number of aliphatic imine (C=N–C) groups is 1. The molecular formula is C26H28N2O3. The molecule has 1 aliphatic heterocycles. The Morgan fingerprint density at radius 1 is 0.903 bits per heavy atom. The van der Waals surface area contributed by atoms with Gasteiger partial charge >= 0.3 is 0 Å². The van der Waals surface area contributed by atoms with Gasteiger partial charge in [-0.2, -0.15) is 0 Å². The molecule has 3 aromatic carbocycles. The Kier molecular flexibility index (Phi) is 7.19. The molecule has 4 rings (SSSR count). The zero-order valence-electron chi connectivity index (χ0n) is 17.9. The molecule has 5 heteroatoms. The molecule has 1 saturated heterocycles. The third-order valence-corrected chi connectivity index (χ3v) is 5.09. The zero-order chi connectivity index (χ0) is 21.3. The minimum Gasteiger partial charge on any atom is -0.490 e. The van der Waals surface area contributed by atoms with Gasteiger partial charge in [0.25, 0.3) is 0 Å². The predicted molar refractivity (Wildman–Crippen MR) is 125 cm³/mol. The van der Waals surface area contributed by atoms with Crippen molar-refractivity contribution in [2.45, 2.75) is 13.5 Å². The van der Waals surface area contributed by atoms with Gasteiger partial charge in [-0.15, -0.1) is 0 Å². The van der Waals surface area contributed by atoms with E-state index in [1.54, 1.807) is 0 Å². The average Bonchev–Trinajstić information content (AvgIpc) is 2.84. The molecule has 0 radical (unpaired) electrons. The fourth-order valence-electron chi connectivity index (χ4n) is 3.45. The number of rotatable bonds is 8. The van der Waals surface area contributed by atoms with E-state index >= 15 is 0 Å². The molecule has 160 valence electrons. The van der Waals surface area contributed by atoms with Gasteiger partial charge in [0.05, 0.1) is 25.5 Å². The second-order valence-corrected chi connectivity index (χ2v) is 7.29. The number of anilines is 1. The summed E-state index contributed by atoms with van der Waals surface area (Å²) in [6, 6.07) is 24.3. The molecule has 31 heavy (non-hydrogen) atoms. The Hall–Kier alpha value is -3.31. The van der Waals surface area contributed by atoms with Crippen LogP contribution < -0.4 is 14.4 Å². The van der Waals surface area contributed by atoms with E-state index in [1.165, 1.54) is 5.69 Å². The van der Waals surface area contributed by atoms with Gasteiger partial charge in [0.1, 0.15) is 6.61 Å². The summed E-state index contributed by atoms with van der Waals surface area (Å²) >= 11 is 0. The van der Waals surface area contributed by atoms with E-state index in [1.807, 2.05) is 73.8 Å². The first kappa shape index (κ1) is 20.9. The van der Waals surface area contributed by atoms with Gasteiger partial charge in [-0.25, -0.2) is 0 Å². The molecule has 1 heterocycles. The van der Waals surface area contributed by atoms with Crippen molar-refractivity contribution in [3.63, 3.8) is 0 Å². The largest absolute Gasteiger partial charge is 0.490 e. The third-order valence-electron chi connectivity index (χ3n) is 5.09. The summed E-state index contributed by atoms with van der Waals surface area (Å²) in [5.74, 6) is 1.46. The van der Waals surface area contributed by atoms with Crippen molar-refractivity contribution in [2.24, 2.45) is 4.99 Å². The second-order valence-electron chi connectivity index (χ2n) is 7.29. The second kappa shape index (κ2) is 10.6. The summed E-state index contributed by atoms with van der Waals surface area (Å²) in [7, 11) is 0. The van der Waals surface area contributed by atoms with Crippen LogP contribution in [-0.2, 0) is 11.3 Å². The number of nitrogens with zero attached hydrogens (tertiary/aromatic N) is 2. The van der Waals surface area contributed by atoms with Crippen molar-refractivity contribution in [2.75, 3.05) is 37.8 Å². The van der Waals surface area contributed by atoms with Crippen LogP contribution in [0.2, 0.25) is 0 Å². The van der Waals surface area contributed by atoms with E-state index in [-0.39, 0.29) is 0 Å². The molecule has 0 aliphatic carbocycles. The van der Waals surface area contributed by atoms with Crippen LogP contribution >= 0.6 is 0 Å². The molecule has 0 unspecified atom stereocenters.